The molecule has 0 aliphatic carbocycles. The first-order chi connectivity index (χ1) is 6.22. The molecule has 0 aromatic rings. The summed E-state index contributed by atoms with van der Waals surface area (Å²) in [6.07, 6.45) is 0.354. The normalized spacial score (nSPS) is 25.4. The number of morpholine rings is 1. The molecule has 0 radical (unpaired) electrons. The summed E-state index contributed by atoms with van der Waals surface area (Å²) in [6.45, 7) is 4.86. The van der Waals surface area contributed by atoms with Crippen LogP contribution in [-0.4, -0.2) is 68.7 Å². The van der Waals surface area contributed by atoms with Crippen molar-refractivity contribution in [2.24, 2.45) is 0 Å². The Morgan fingerprint density at radius 3 is 3.00 bits per heavy atom. The average Bonchev–Trinajstić information content (AvgIpc) is 2.04. The highest BCUT2D eigenvalue weighted by Crippen LogP contribution is 2.04. The van der Waals surface area contributed by atoms with Crippen LogP contribution in [0.25, 0.3) is 0 Å². The minimum atomic E-state index is 0.354. The topological polar surface area (TPSA) is 15.7 Å². The predicted molar refractivity (Wildman–Crippen MR) is 55.5 cm³/mol. The van der Waals surface area contributed by atoms with Crippen LogP contribution >= 0.6 is 11.6 Å². The number of hydrogen-bond acceptors (Lipinski definition) is 3. The Hall–Kier alpha value is 0.170. The average molecular weight is 207 g/mol. The molecule has 0 saturated carbocycles. The second-order valence-electron chi connectivity index (χ2n) is 3.71. The molecule has 1 heterocycles. The highest BCUT2D eigenvalue weighted by atomic mass is 35.5. The van der Waals surface area contributed by atoms with Crippen molar-refractivity contribution in [3.63, 3.8) is 0 Å². The van der Waals surface area contributed by atoms with Crippen LogP contribution in [0.2, 0.25) is 0 Å². The third kappa shape index (κ3) is 4.27. The quantitative estimate of drug-likeness (QED) is 0.623. The zero-order valence-electron chi connectivity index (χ0n) is 8.50. The molecule has 1 fully saturated rings. The van der Waals surface area contributed by atoms with Crippen molar-refractivity contribution in [3.05, 3.63) is 0 Å². The van der Waals surface area contributed by atoms with E-state index in [0.717, 1.165) is 32.8 Å². The second kappa shape index (κ2) is 5.81. The lowest BCUT2D eigenvalue weighted by Crippen LogP contribution is -2.45. The first-order valence-corrected chi connectivity index (χ1v) is 5.30. The summed E-state index contributed by atoms with van der Waals surface area (Å²) in [6, 6.07) is 0. The standard InChI is InChI=1S/C9H19ClN2O/c1-11(4-3-10)7-9-8-12(2)5-6-13-9/h9H,3-8H2,1-2H3. The van der Waals surface area contributed by atoms with Gasteiger partial charge >= 0.3 is 0 Å². The van der Waals surface area contributed by atoms with Crippen LogP contribution in [0, 0.1) is 0 Å². The van der Waals surface area contributed by atoms with Gasteiger partial charge in [0.1, 0.15) is 0 Å². The van der Waals surface area contributed by atoms with Crippen LogP contribution in [0.4, 0.5) is 0 Å². The monoisotopic (exact) mass is 206 g/mol. The van der Waals surface area contributed by atoms with E-state index in [4.69, 9.17) is 16.3 Å². The molecule has 1 atom stereocenters. The minimum Gasteiger partial charge on any atom is -0.374 e. The molecule has 1 aliphatic rings. The number of alkyl halides is 1. The summed E-state index contributed by atoms with van der Waals surface area (Å²) in [7, 11) is 4.22. The van der Waals surface area contributed by atoms with Gasteiger partial charge in [0.2, 0.25) is 0 Å². The zero-order chi connectivity index (χ0) is 9.68. The lowest BCUT2D eigenvalue weighted by Gasteiger charge is -2.32. The number of rotatable bonds is 4. The highest BCUT2D eigenvalue weighted by Gasteiger charge is 2.18. The predicted octanol–water partition coefficient (Wildman–Crippen LogP) is 0.488. The largest absolute Gasteiger partial charge is 0.374 e. The van der Waals surface area contributed by atoms with Gasteiger partial charge in [-0.25, -0.2) is 0 Å². The lowest BCUT2D eigenvalue weighted by atomic mass is 10.2. The van der Waals surface area contributed by atoms with Crippen LogP contribution in [-0.2, 0) is 4.74 Å². The number of nitrogens with zero attached hydrogens (tertiary/aromatic N) is 2. The summed E-state index contributed by atoms with van der Waals surface area (Å²) in [5, 5.41) is 0. The molecule has 13 heavy (non-hydrogen) atoms. The maximum atomic E-state index is 5.65. The van der Waals surface area contributed by atoms with Crippen LogP contribution in [0.5, 0.6) is 0 Å². The van der Waals surface area contributed by atoms with Crippen LogP contribution in [0.15, 0.2) is 0 Å². The van der Waals surface area contributed by atoms with Gasteiger partial charge in [-0.1, -0.05) is 0 Å². The Bertz CT molecular complexity index is 146. The van der Waals surface area contributed by atoms with E-state index >= 15 is 0 Å². The van der Waals surface area contributed by atoms with E-state index in [0.29, 0.717) is 12.0 Å². The van der Waals surface area contributed by atoms with E-state index in [1.165, 1.54) is 0 Å². The molecule has 1 unspecified atom stereocenters. The maximum Gasteiger partial charge on any atom is 0.0829 e. The molecule has 0 aromatic carbocycles. The number of hydrogen-bond donors (Lipinski definition) is 0. The van der Waals surface area contributed by atoms with Gasteiger partial charge in [0.25, 0.3) is 0 Å². The summed E-state index contributed by atoms with van der Waals surface area (Å²) in [5.74, 6) is 0.694. The van der Waals surface area contributed by atoms with Crippen molar-refractivity contribution in [3.8, 4) is 0 Å². The van der Waals surface area contributed by atoms with Crippen LogP contribution in [0.1, 0.15) is 0 Å². The van der Waals surface area contributed by atoms with E-state index < -0.39 is 0 Å². The summed E-state index contributed by atoms with van der Waals surface area (Å²) in [4.78, 5) is 4.53. The fraction of sp³-hybridized carbons (Fsp3) is 1.00. The van der Waals surface area contributed by atoms with Gasteiger partial charge < -0.3 is 14.5 Å². The number of ether oxygens (including phenoxy) is 1. The molecular formula is C9H19ClN2O. The van der Waals surface area contributed by atoms with Crippen molar-refractivity contribution in [2.45, 2.75) is 6.10 Å². The molecule has 1 rings (SSSR count). The Kier molecular flexibility index (Phi) is 5.02. The molecular weight excluding hydrogens is 188 g/mol. The Morgan fingerprint density at radius 2 is 2.38 bits per heavy atom. The fourth-order valence-electron chi connectivity index (χ4n) is 1.56. The molecule has 0 spiro atoms. The first kappa shape index (κ1) is 11.2. The van der Waals surface area contributed by atoms with Crippen molar-refractivity contribution >= 4 is 11.6 Å². The summed E-state index contributed by atoms with van der Waals surface area (Å²) < 4.78 is 5.64. The molecule has 78 valence electrons. The Labute approximate surface area is 85.6 Å². The SMILES string of the molecule is CN(CCCl)CC1CN(C)CCO1. The zero-order valence-corrected chi connectivity index (χ0v) is 9.26. The van der Waals surface area contributed by atoms with Gasteiger partial charge in [0.05, 0.1) is 12.7 Å². The first-order valence-electron chi connectivity index (χ1n) is 4.77. The molecule has 4 heteroatoms. The van der Waals surface area contributed by atoms with Crippen molar-refractivity contribution in [1.29, 1.82) is 0 Å². The van der Waals surface area contributed by atoms with Gasteiger partial charge in [-0.2, -0.15) is 0 Å². The molecule has 0 N–H and O–H groups in total. The smallest absolute Gasteiger partial charge is 0.0829 e. The van der Waals surface area contributed by atoms with E-state index in [1.54, 1.807) is 0 Å². The van der Waals surface area contributed by atoms with Gasteiger partial charge in [-0.3, -0.25) is 0 Å². The van der Waals surface area contributed by atoms with E-state index in [2.05, 4.69) is 23.9 Å². The van der Waals surface area contributed by atoms with Gasteiger partial charge in [0, 0.05) is 32.1 Å². The van der Waals surface area contributed by atoms with Crippen LogP contribution in [0.3, 0.4) is 0 Å². The van der Waals surface area contributed by atoms with Crippen molar-refractivity contribution in [1.82, 2.24) is 9.80 Å². The molecule has 1 saturated heterocycles. The minimum absolute atomic E-state index is 0.354. The summed E-state index contributed by atoms with van der Waals surface area (Å²) >= 11 is 5.65. The highest BCUT2D eigenvalue weighted by molar-refractivity contribution is 6.18. The van der Waals surface area contributed by atoms with E-state index in [-0.39, 0.29) is 0 Å². The van der Waals surface area contributed by atoms with Gasteiger partial charge in [-0.05, 0) is 14.1 Å². The maximum absolute atomic E-state index is 5.65. The van der Waals surface area contributed by atoms with Gasteiger partial charge in [0.15, 0.2) is 0 Å². The third-order valence-corrected chi connectivity index (χ3v) is 2.49. The van der Waals surface area contributed by atoms with Crippen LogP contribution < -0.4 is 0 Å². The fourth-order valence-corrected chi connectivity index (χ4v) is 1.85. The van der Waals surface area contributed by atoms with Crippen molar-refractivity contribution < 1.29 is 4.74 Å². The molecule has 0 bridgehead atoms. The second-order valence-corrected chi connectivity index (χ2v) is 4.08. The van der Waals surface area contributed by atoms with Gasteiger partial charge in [-0.15, -0.1) is 11.6 Å². The van der Waals surface area contributed by atoms with Crippen molar-refractivity contribution in [2.75, 3.05) is 52.8 Å². The number of halogens is 1. The molecule has 0 aromatic heterocycles. The molecule has 1 aliphatic heterocycles. The summed E-state index contributed by atoms with van der Waals surface area (Å²) in [5.41, 5.74) is 0. The Balaban J connectivity index is 2.19. The van der Waals surface area contributed by atoms with E-state index in [9.17, 15) is 0 Å². The number of likely N-dealkylation sites (N-methyl/N-ethyl adjacent to an activating group) is 2. The Morgan fingerprint density at radius 1 is 1.62 bits per heavy atom. The lowest BCUT2D eigenvalue weighted by molar-refractivity contribution is -0.0318. The molecule has 0 amide bonds. The third-order valence-electron chi connectivity index (χ3n) is 2.32. The van der Waals surface area contributed by atoms with E-state index in [1.807, 2.05) is 0 Å². The molecule has 3 nitrogen and oxygen atoms in total.